The highest BCUT2D eigenvalue weighted by atomic mass is 19.4. The molecule has 0 bridgehead atoms. The maximum absolute atomic E-state index is 13.2. The third-order valence-electron chi connectivity index (χ3n) is 5.62. The van der Waals surface area contributed by atoms with Crippen molar-refractivity contribution in [2.24, 2.45) is 0 Å². The van der Waals surface area contributed by atoms with Crippen molar-refractivity contribution in [1.82, 2.24) is 4.90 Å². The molecule has 0 saturated carbocycles. The number of alkyl halides is 3. The number of halogens is 3. The van der Waals surface area contributed by atoms with Gasteiger partial charge in [0.2, 0.25) is 0 Å². The lowest BCUT2D eigenvalue weighted by molar-refractivity contribution is -0.137. The van der Waals surface area contributed by atoms with Crippen LogP contribution in [-0.4, -0.2) is 57.1 Å². The van der Waals surface area contributed by atoms with E-state index in [0.29, 0.717) is 31.1 Å². The highest BCUT2D eigenvalue weighted by Gasteiger charge is 2.31. The molecule has 0 spiro atoms. The number of carbonyl (C=O) groups excluding carboxylic acids is 2. The Morgan fingerprint density at radius 3 is 2.34 bits per heavy atom. The topological polar surface area (TPSA) is 71.1 Å². The van der Waals surface area contributed by atoms with Crippen molar-refractivity contribution in [1.29, 1.82) is 0 Å². The van der Waals surface area contributed by atoms with Gasteiger partial charge in [-0.15, -0.1) is 0 Å². The fourth-order valence-electron chi connectivity index (χ4n) is 3.81. The highest BCUT2D eigenvalue weighted by molar-refractivity contribution is 6.06. The molecule has 35 heavy (non-hydrogen) atoms. The number of carbonyl (C=O) groups is 2. The van der Waals surface area contributed by atoms with Crippen LogP contribution in [0.1, 0.15) is 42.1 Å². The second-order valence-electron chi connectivity index (χ2n) is 8.40. The van der Waals surface area contributed by atoms with Crippen molar-refractivity contribution in [2.75, 3.05) is 50.6 Å². The predicted octanol–water partition coefficient (Wildman–Crippen LogP) is 4.81. The number of nitrogens with one attached hydrogen (secondary N) is 1. The Kier molecular flexibility index (Phi) is 8.48. The van der Waals surface area contributed by atoms with E-state index < -0.39 is 17.6 Å². The van der Waals surface area contributed by atoms with Crippen LogP contribution in [0.5, 0.6) is 11.5 Å². The normalized spacial score (nSPS) is 13.8. The maximum atomic E-state index is 13.2. The molecule has 0 unspecified atom stereocenters. The van der Waals surface area contributed by atoms with E-state index in [2.05, 4.69) is 5.32 Å². The average molecular weight is 494 g/mol. The standard InChI is InChI=1S/C25H30F3N3O4/c1-4-34-22-14-17(8-11-21(22)35-16-23(32)31-12-6-5-7-13-31)24(33)29-19-15-18(25(26,27)28)9-10-20(19)30(2)3/h8-11,14-15H,4-7,12-13,16H2,1-3H3,(H,29,33). The van der Waals surface area contributed by atoms with Gasteiger partial charge < -0.3 is 24.6 Å². The molecule has 2 aromatic carbocycles. The van der Waals surface area contributed by atoms with Crippen LogP contribution < -0.4 is 19.7 Å². The van der Waals surface area contributed by atoms with Crippen molar-refractivity contribution in [3.05, 3.63) is 47.5 Å². The minimum Gasteiger partial charge on any atom is -0.490 e. The summed E-state index contributed by atoms with van der Waals surface area (Å²) in [6.45, 7) is 3.33. The van der Waals surface area contributed by atoms with Crippen LogP contribution in [0.3, 0.4) is 0 Å². The van der Waals surface area contributed by atoms with Crippen molar-refractivity contribution in [3.63, 3.8) is 0 Å². The van der Waals surface area contributed by atoms with E-state index in [-0.39, 0.29) is 29.5 Å². The molecule has 0 aliphatic carbocycles. The summed E-state index contributed by atoms with van der Waals surface area (Å²) in [6, 6.07) is 7.61. The Hall–Kier alpha value is -3.43. The van der Waals surface area contributed by atoms with E-state index in [4.69, 9.17) is 9.47 Å². The monoisotopic (exact) mass is 493 g/mol. The number of piperidine rings is 1. The average Bonchev–Trinajstić information content (AvgIpc) is 2.83. The second kappa shape index (κ2) is 11.3. The molecule has 190 valence electrons. The Morgan fingerprint density at radius 1 is 1.00 bits per heavy atom. The number of hydrogen-bond acceptors (Lipinski definition) is 5. The smallest absolute Gasteiger partial charge is 0.416 e. The maximum Gasteiger partial charge on any atom is 0.416 e. The molecule has 0 atom stereocenters. The van der Waals surface area contributed by atoms with E-state index in [0.717, 1.165) is 31.4 Å². The van der Waals surface area contributed by atoms with Gasteiger partial charge in [-0.1, -0.05) is 0 Å². The zero-order valence-electron chi connectivity index (χ0n) is 20.1. The summed E-state index contributed by atoms with van der Waals surface area (Å²) in [7, 11) is 3.34. The van der Waals surface area contributed by atoms with E-state index in [9.17, 15) is 22.8 Å². The van der Waals surface area contributed by atoms with Crippen molar-refractivity contribution < 1.29 is 32.2 Å². The lowest BCUT2D eigenvalue weighted by Gasteiger charge is -2.26. The highest BCUT2D eigenvalue weighted by Crippen LogP contribution is 2.35. The molecule has 1 aliphatic rings. The van der Waals surface area contributed by atoms with Crippen LogP contribution >= 0.6 is 0 Å². The van der Waals surface area contributed by atoms with E-state index in [1.54, 1.807) is 30.8 Å². The lowest BCUT2D eigenvalue weighted by atomic mass is 10.1. The van der Waals surface area contributed by atoms with Gasteiger partial charge in [0.1, 0.15) is 0 Å². The first-order valence-electron chi connectivity index (χ1n) is 11.5. The fraction of sp³-hybridized carbons (Fsp3) is 0.440. The van der Waals surface area contributed by atoms with Gasteiger partial charge in [0, 0.05) is 32.7 Å². The summed E-state index contributed by atoms with van der Waals surface area (Å²) < 4.78 is 50.9. The van der Waals surface area contributed by atoms with E-state index in [1.165, 1.54) is 24.3 Å². The van der Waals surface area contributed by atoms with Crippen molar-refractivity contribution in [2.45, 2.75) is 32.4 Å². The van der Waals surface area contributed by atoms with Crippen LogP contribution in [0.4, 0.5) is 24.5 Å². The second-order valence-corrected chi connectivity index (χ2v) is 8.40. The third-order valence-corrected chi connectivity index (χ3v) is 5.62. The minimum absolute atomic E-state index is 0.0280. The Bertz CT molecular complexity index is 1050. The van der Waals surface area contributed by atoms with Gasteiger partial charge in [-0.3, -0.25) is 9.59 Å². The van der Waals surface area contributed by atoms with Crippen LogP contribution in [0.2, 0.25) is 0 Å². The Morgan fingerprint density at radius 2 is 1.71 bits per heavy atom. The first kappa shape index (κ1) is 26.2. The summed E-state index contributed by atoms with van der Waals surface area (Å²) >= 11 is 0. The Balaban J connectivity index is 1.78. The minimum atomic E-state index is -4.54. The quantitative estimate of drug-likeness (QED) is 0.571. The third kappa shape index (κ3) is 6.80. The molecule has 1 aliphatic heterocycles. The number of anilines is 2. The molecule has 2 aromatic rings. The molecule has 3 rings (SSSR count). The van der Waals surface area contributed by atoms with E-state index >= 15 is 0 Å². The van der Waals surface area contributed by atoms with Crippen molar-refractivity contribution in [3.8, 4) is 11.5 Å². The molecular weight excluding hydrogens is 463 g/mol. The number of ether oxygens (including phenoxy) is 2. The van der Waals surface area contributed by atoms with Gasteiger partial charge in [-0.2, -0.15) is 13.2 Å². The van der Waals surface area contributed by atoms with Crippen LogP contribution in [-0.2, 0) is 11.0 Å². The van der Waals surface area contributed by atoms with Gasteiger partial charge >= 0.3 is 6.18 Å². The van der Waals surface area contributed by atoms with Gasteiger partial charge in [-0.05, 0) is 62.6 Å². The molecule has 1 fully saturated rings. The molecule has 7 nitrogen and oxygen atoms in total. The number of rotatable bonds is 8. The summed E-state index contributed by atoms with van der Waals surface area (Å²) in [5.41, 5.74) is -0.242. The summed E-state index contributed by atoms with van der Waals surface area (Å²) in [6.07, 6.45) is -1.49. The first-order chi connectivity index (χ1) is 16.6. The van der Waals surface area contributed by atoms with Crippen LogP contribution in [0, 0.1) is 0 Å². The van der Waals surface area contributed by atoms with E-state index in [1.807, 2.05) is 0 Å². The lowest BCUT2D eigenvalue weighted by Crippen LogP contribution is -2.38. The SMILES string of the molecule is CCOc1cc(C(=O)Nc2cc(C(F)(F)F)ccc2N(C)C)ccc1OCC(=O)N1CCCCC1. The molecule has 1 N–H and O–H groups in total. The van der Waals surface area contributed by atoms with Gasteiger partial charge in [0.05, 0.1) is 23.5 Å². The summed E-state index contributed by atoms with van der Waals surface area (Å²) in [5.74, 6) is -0.149. The molecule has 0 aromatic heterocycles. The molecular formula is C25H30F3N3O4. The summed E-state index contributed by atoms with van der Waals surface area (Å²) in [5, 5.41) is 2.56. The molecule has 2 amide bonds. The first-order valence-corrected chi connectivity index (χ1v) is 11.5. The number of amides is 2. The number of benzene rings is 2. The zero-order chi connectivity index (χ0) is 25.6. The Labute approximate surface area is 202 Å². The molecule has 1 saturated heterocycles. The molecule has 10 heteroatoms. The van der Waals surface area contributed by atoms with Crippen LogP contribution in [0.15, 0.2) is 36.4 Å². The fourth-order valence-corrected chi connectivity index (χ4v) is 3.81. The van der Waals surface area contributed by atoms with Gasteiger partial charge in [0.15, 0.2) is 18.1 Å². The zero-order valence-corrected chi connectivity index (χ0v) is 20.1. The van der Waals surface area contributed by atoms with Gasteiger partial charge in [-0.25, -0.2) is 0 Å². The van der Waals surface area contributed by atoms with Gasteiger partial charge in [0.25, 0.3) is 11.8 Å². The molecule has 0 radical (unpaired) electrons. The predicted molar refractivity (Wildman–Crippen MR) is 127 cm³/mol. The van der Waals surface area contributed by atoms with Crippen LogP contribution in [0.25, 0.3) is 0 Å². The number of hydrogen-bond donors (Lipinski definition) is 1. The summed E-state index contributed by atoms with van der Waals surface area (Å²) in [4.78, 5) is 28.7. The largest absolute Gasteiger partial charge is 0.490 e. The number of nitrogens with zero attached hydrogens (tertiary/aromatic N) is 2. The van der Waals surface area contributed by atoms with Crippen molar-refractivity contribution >= 4 is 23.2 Å². The number of likely N-dealkylation sites (tertiary alicyclic amines) is 1. The molecule has 1 heterocycles.